The number of benzene rings is 1. The molecule has 0 atom stereocenters. The molecule has 25 heavy (non-hydrogen) atoms. The van der Waals surface area contributed by atoms with Crippen molar-refractivity contribution in [2.24, 2.45) is 0 Å². The van der Waals surface area contributed by atoms with Gasteiger partial charge in [0.15, 0.2) is 17.0 Å². The predicted molar refractivity (Wildman–Crippen MR) is 97.2 cm³/mol. The Bertz CT molecular complexity index is 929. The van der Waals surface area contributed by atoms with Crippen molar-refractivity contribution in [1.29, 1.82) is 0 Å². The van der Waals surface area contributed by atoms with Gasteiger partial charge in [0.1, 0.15) is 5.82 Å². The molecule has 3 aromatic rings. The number of likely N-dealkylation sites (tertiary alicyclic amines) is 1. The largest absolute Gasteiger partial charge is 0.467 e. The summed E-state index contributed by atoms with van der Waals surface area (Å²) in [6, 6.07) is 8.84. The van der Waals surface area contributed by atoms with Crippen LogP contribution in [0.3, 0.4) is 0 Å². The first-order valence-corrected chi connectivity index (χ1v) is 8.48. The molecule has 0 saturated carbocycles. The smallest absolute Gasteiger partial charge is 0.320 e. The van der Waals surface area contributed by atoms with Crippen molar-refractivity contribution in [3.8, 4) is 11.7 Å². The summed E-state index contributed by atoms with van der Waals surface area (Å²) >= 11 is 0. The molecule has 7 nitrogen and oxygen atoms in total. The number of methoxy groups -OCH3 is 1. The second-order valence-electron chi connectivity index (χ2n) is 6.50. The molecular weight excluding hydrogens is 316 g/mol. The first kappa shape index (κ1) is 15.8. The van der Waals surface area contributed by atoms with Crippen LogP contribution in [0.2, 0.25) is 0 Å². The molecule has 1 aromatic carbocycles. The number of hydrogen-bond donors (Lipinski definition) is 1. The zero-order valence-electron chi connectivity index (χ0n) is 14.7. The van der Waals surface area contributed by atoms with Crippen LogP contribution in [0.1, 0.15) is 24.2 Å². The second kappa shape index (κ2) is 6.00. The second-order valence-corrected chi connectivity index (χ2v) is 6.50. The Morgan fingerprint density at radius 2 is 2.04 bits per heavy atom. The molecule has 2 N–H and O–H groups in total. The van der Waals surface area contributed by atoms with Crippen LogP contribution >= 0.6 is 0 Å². The maximum atomic E-state index is 6.06. The molecule has 3 heterocycles. The average Bonchev–Trinajstić information content (AvgIpc) is 2.98. The van der Waals surface area contributed by atoms with Gasteiger partial charge in [-0.2, -0.15) is 9.97 Å². The topological polar surface area (TPSA) is 82.1 Å². The Hall–Kier alpha value is -2.67. The maximum Gasteiger partial charge on any atom is 0.320 e. The summed E-state index contributed by atoms with van der Waals surface area (Å²) in [6.45, 7) is 4.26. The van der Waals surface area contributed by atoms with Crippen LogP contribution in [0.5, 0.6) is 6.01 Å². The third-order valence-corrected chi connectivity index (χ3v) is 4.75. The number of nitrogens with two attached hydrogens (primary N) is 1. The van der Waals surface area contributed by atoms with Crippen molar-refractivity contribution >= 4 is 17.0 Å². The first-order valence-electron chi connectivity index (χ1n) is 8.48. The van der Waals surface area contributed by atoms with Gasteiger partial charge in [0, 0.05) is 31.1 Å². The molecule has 0 bridgehead atoms. The number of fused-ring (bicyclic) bond motifs is 1. The lowest BCUT2D eigenvalue weighted by molar-refractivity contribution is 0.190. The van der Waals surface area contributed by atoms with Crippen LogP contribution in [0.15, 0.2) is 24.3 Å². The van der Waals surface area contributed by atoms with E-state index in [1.807, 2.05) is 0 Å². The Kier molecular flexibility index (Phi) is 3.80. The zero-order valence-corrected chi connectivity index (χ0v) is 14.7. The van der Waals surface area contributed by atoms with Gasteiger partial charge in [0.2, 0.25) is 0 Å². The molecule has 7 heteroatoms. The minimum absolute atomic E-state index is 0.255. The van der Waals surface area contributed by atoms with Gasteiger partial charge in [-0.3, -0.25) is 4.57 Å². The summed E-state index contributed by atoms with van der Waals surface area (Å²) in [5.41, 5.74) is 9.75. The predicted octanol–water partition coefficient (Wildman–Crippen LogP) is 2.00. The lowest BCUT2D eigenvalue weighted by Gasteiger charge is -2.36. The van der Waals surface area contributed by atoms with Crippen molar-refractivity contribution in [3.63, 3.8) is 0 Å². The number of ether oxygens (including phenoxy) is 1. The number of nitrogens with zero attached hydrogens (tertiary/aromatic N) is 5. The van der Waals surface area contributed by atoms with Gasteiger partial charge < -0.3 is 15.4 Å². The molecule has 1 aliphatic heterocycles. The Morgan fingerprint density at radius 1 is 1.24 bits per heavy atom. The summed E-state index contributed by atoms with van der Waals surface area (Å²) in [5.74, 6) is 1.83. The van der Waals surface area contributed by atoms with Crippen LogP contribution in [0, 0.1) is 0 Å². The molecule has 0 unspecified atom stereocenters. The minimum atomic E-state index is 0.255. The van der Waals surface area contributed by atoms with Crippen LogP contribution in [0.25, 0.3) is 16.9 Å². The molecule has 4 rings (SSSR count). The third-order valence-electron chi connectivity index (χ3n) is 4.75. The van der Waals surface area contributed by atoms with Crippen molar-refractivity contribution in [2.75, 3.05) is 33.0 Å². The number of rotatable bonds is 4. The Balaban J connectivity index is 1.88. The van der Waals surface area contributed by atoms with Gasteiger partial charge in [-0.25, -0.2) is 4.98 Å². The van der Waals surface area contributed by atoms with E-state index in [2.05, 4.69) is 62.7 Å². The van der Waals surface area contributed by atoms with Crippen molar-refractivity contribution in [3.05, 3.63) is 35.7 Å². The van der Waals surface area contributed by atoms with E-state index in [4.69, 9.17) is 10.5 Å². The van der Waals surface area contributed by atoms with Crippen LogP contribution < -0.4 is 10.5 Å². The Morgan fingerprint density at radius 3 is 2.72 bits per heavy atom. The fraction of sp³-hybridized carbons (Fsp3) is 0.389. The molecule has 0 amide bonds. The van der Waals surface area contributed by atoms with E-state index in [0.717, 1.165) is 31.0 Å². The normalized spacial score (nSPS) is 15.5. The number of likely N-dealkylation sites (N-methyl/N-ethyl adjacent to an activating group) is 1. The number of aryl methyl sites for hydroxylation is 1. The molecule has 1 saturated heterocycles. The molecular formula is C18H22N6O. The molecule has 1 fully saturated rings. The van der Waals surface area contributed by atoms with Gasteiger partial charge in [0.25, 0.3) is 0 Å². The number of aromatic nitrogens is 4. The van der Waals surface area contributed by atoms with Gasteiger partial charge in [-0.1, -0.05) is 19.1 Å². The van der Waals surface area contributed by atoms with Crippen LogP contribution in [0.4, 0.5) is 5.82 Å². The quantitative estimate of drug-likeness (QED) is 0.783. The third kappa shape index (κ3) is 2.60. The molecule has 130 valence electrons. The number of imidazole rings is 1. The summed E-state index contributed by atoms with van der Waals surface area (Å²) in [6.07, 6.45) is 0.772. The molecule has 0 aliphatic carbocycles. The lowest BCUT2D eigenvalue weighted by atomic mass is 9.92. The van der Waals surface area contributed by atoms with E-state index in [-0.39, 0.29) is 6.01 Å². The highest BCUT2D eigenvalue weighted by Gasteiger charge is 2.25. The van der Waals surface area contributed by atoms with E-state index in [1.165, 1.54) is 12.7 Å². The number of nitrogen functional groups attached to an aromatic ring is 1. The molecule has 0 spiro atoms. The minimum Gasteiger partial charge on any atom is -0.467 e. The van der Waals surface area contributed by atoms with Crippen molar-refractivity contribution in [2.45, 2.75) is 19.3 Å². The summed E-state index contributed by atoms with van der Waals surface area (Å²) < 4.78 is 7.25. The van der Waals surface area contributed by atoms with Gasteiger partial charge >= 0.3 is 6.01 Å². The van der Waals surface area contributed by atoms with E-state index in [1.54, 1.807) is 0 Å². The van der Waals surface area contributed by atoms with Crippen LogP contribution in [-0.4, -0.2) is 51.7 Å². The fourth-order valence-corrected chi connectivity index (χ4v) is 3.43. The van der Waals surface area contributed by atoms with Gasteiger partial charge in [-0.05, 0) is 24.7 Å². The van der Waals surface area contributed by atoms with Crippen molar-refractivity contribution in [1.82, 2.24) is 24.4 Å². The van der Waals surface area contributed by atoms with E-state index in [0.29, 0.717) is 22.9 Å². The van der Waals surface area contributed by atoms with Crippen LogP contribution in [-0.2, 0) is 6.42 Å². The molecule has 0 radical (unpaired) electrons. The standard InChI is InChI=1S/C18H22N6O/c1-4-14-20-15-16(19)21-18(25-3)22-17(15)24(14)13-7-5-6-11(8-13)12-9-23(2)10-12/h5-8,12H,4,9-10H2,1-3H3,(H2,19,21,22). The average molecular weight is 338 g/mol. The lowest BCUT2D eigenvalue weighted by Crippen LogP contribution is -2.41. The summed E-state index contributed by atoms with van der Waals surface area (Å²) in [7, 11) is 3.68. The van der Waals surface area contributed by atoms with Crippen molar-refractivity contribution < 1.29 is 4.74 Å². The van der Waals surface area contributed by atoms with Gasteiger partial charge in [-0.15, -0.1) is 0 Å². The maximum absolute atomic E-state index is 6.06. The molecule has 1 aliphatic rings. The summed E-state index contributed by atoms with van der Waals surface area (Å²) in [5, 5.41) is 0. The van der Waals surface area contributed by atoms with E-state index < -0.39 is 0 Å². The molecule has 2 aromatic heterocycles. The highest BCUT2D eigenvalue weighted by atomic mass is 16.5. The Labute approximate surface area is 146 Å². The fourth-order valence-electron chi connectivity index (χ4n) is 3.43. The SMILES string of the molecule is CCc1nc2c(N)nc(OC)nc2n1-c1cccc(C2CN(C)C2)c1. The number of anilines is 1. The zero-order chi connectivity index (χ0) is 17.6. The highest BCUT2D eigenvalue weighted by molar-refractivity contribution is 5.84. The highest BCUT2D eigenvalue weighted by Crippen LogP contribution is 2.30. The first-order chi connectivity index (χ1) is 12.1. The number of hydrogen-bond acceptors (Lipinski definition) is 6. The van der Waals surface area contributed by atoms with Gasteiger partial charge in [0.05, 0.1) is 7.11 Å². The monoisotopic (exact) mass is 338 g/mol. The summed E-state index contributed by atoms with van der Waals surface area (Å²) in [4.78, 5) is 15.6. The van der Waals surface area contributed by atoms with E-state index in [9.17, 15) is 0 Å². The van der Waals surface area contributed by atoms with E-state index >= 15 is 0 Å².